The van der Waals surface area contributed by atoms with Crippen LogP contribution in [0.5, 0.6) is 0 Å². The van der Waals surface area contributed by atoms with Crippen LogP contribution in [0.15, 0.2) is 24.3 Å². The summed E-state index contributed by atoms with van der Waals surface area (Å²) in [5.41, 5.74) is 0.945. The Morgan fingerprint density at radius 2 is 1.83 bits per heavy atom. The maximum atomic E-state index is 12.4. The number of aliphatic hydroxyl groups is 1. The van der Waals surface area contributed by atoms with Gasteiger partial charge in [-0.2, -0.15) is 0 Å². The second-order valence-electron chi connectivity index (χ2n) is 5.60. The topological polar surface area (TPSA) is 105 Å². The van der Waals surface area contributed by atoms with Crippen LogP contribution >= 0.6 is 0 Å². The lowest BCUT2D eigenvalue weighted by atomic mass is 9.97. The normalized spacial score (nSPS) is 21.7. The van der Waals surface area contributed by atoms with E-state index in [1.54, 1.807) is 24.3 Å². The first-order valence-corrected chi connectivity index (χ1v) is 9.05. The number of nitrogens with one attached hydrogen (secondary N) is 2. The van der Waals surface area contributed by atoms with Gasteiger partial charge in [-0.1, -0.05) is 12.8 Å². The average molecular weight is 342 g/mol. The van der Waals surface area contributed by atoms with Gasteiger partial charge in [-0.05, 0) is 37.1 Å². The van der Waals surface area contributed by atoms with Gasteiger partial charge in [-0.15, -0.1) is 0 Å². The fourth-order valence-electron chi connectivity index (χ4n) is 2.63. The van der Waals surface area contributed by atoms with Crippen LogP contribution in [0.25, 0.3) is 0 Å². The van der Waals surface area contributed by atoms with Gasteiger partial charge < -0.3 is 15.2 Å². The molecule has 0 saturated heterocycles. The smallest absolute Gasteiger partial charge is 0.250 e. The molecule has 0 aromatic heterocycles. The summed E-state index contributed by atoms with van der Waals surface area (Å²) in [7, 11) is -2.21. The molecule has 1 aromatic carbocycles. The highest BCUT2D eigenvalue weighted by Crippen LogP contribution is 2.26. The predicted octanol–water partition coefficient (Wildman–Crippen LogP) is 1.32. The van der Waals surface area contributed by atoms with Gasteiger partial charge in [0, 0.05) is 18.5 Å². The molecule has 0 radical (unpaired) electrons. The van der Waals surface area contributed by atoms with E-state index in [0.717, 1.165) is 12.8 Å². The molecule has 1 saturated carbocycles. The van der Waals surface area contributed by atoms with E-state index >= 15 is 0 Å². The zero-order valence-corrected chi connectivity index (χ0v) is 13.8. The molecule has 2 atom stereocenters. The molecule has 2 rings (SSSR count). The number of anilines is 2. The number of carbonyl (C=O) groups is 1. The molecule has 3 N–H and O–H groups in total. The van der Waals surface area contributed by atoms with E-state index in [1.807, 2.05) is 0 Å². The van der Waals surface area contributed by atoms with Crippen LogP contribution < -0.4 is 10.0 Å². The van der Waals surface area contributed by atoms with E-state index in [1.165, 1.54) is 7.11 Å². The average Bonchev–Trinajstić information content (AvgIpc) is 2.49. The molecule has 1 fully saturated rings. The van der Waals surface area contributed by atoms with Gasteiger partial charge in [0.15, 0.2) is 0 Å². The standard InChI is InChI=1S/C15H22N2O5S/c1-22-10-15(19)16-11-6-8-12(9-7-11)17-23(20,21)14-5-3-2-4-13(14)18/h6-9,13-14,17-18H,2-5,10H2,1H3,(H,16,19)/t13-,14-/m0/s1. The molecule has 0 bridgehead atoms. The van der Waals surface area contributed by atoms with Gasteiger partial charge in [0.1, 0.15) is 11.9 Å². The summed E-state index contributed by atoms with van der Waals surface area (Å²) in [5, 5.41) is 11.7. The third-order valence-electron chi connectivity index (χ3n) is 3.77. The number of benzene rings is 1. The summed E-state index contributed by atoms with van der Waals surface area (Å²) in [5.74, 6) is -0.286. The second kappa shape index (κ2) is 7.76. The number of aliphatic hydroxyl groups excluding tert-OH is 1. The zero-order chi connectivity index (χ0) is 16.9. The molecule has 23 heavy (non-hydrogen) atoms. The Morgan fingerprint density at radius 3 is 2.43 bits per heavy atom. The van der Waals surface area contributed by atoms with Crippen LogP contribution in [0.4, 0.5) is 11.4 Å². The number of ether oxygens (including phenoxy) is 1. The molecule has 0 unspecified atom stereocenters. The first-order valence-electron chi connectivity index (χ1n) is 7.51. The highest BCUT2D eigenvalue weighted by molar-refractivity contribution is 7.93. The predicted molar refractivity (Wildman–Crippen MR) is 87.8 cm³/mol. The number of rotatable bonds is 6. The van der Waals surface area contributed by atoms with Crippen LogP contribution in [0.1, 0.15) is 25.7 Å². The molecule has 8 heteroatoms. The fraction of sp³-hybridized carbons (Fsp3) is 0.533. The summed E-state index contributed by atoms with van der Waals surface area (Å²) >= 11 is 0. The molecule has 1 aliphatic carbocycles. The van der Waals surface area contributed by atoms with Gasteiger partial charge in [0.2, 0.25) is 15.9 Å². The molecule has 7 nitrogen and oxygen atoms in total. The lowest BCUT2D eigenvalue weighted by Crippen LogP contribution is -2.40. The van der Waals surface area contributed by atoms with Crippen molar-refractivity contribution in [1.82, 2.24) is 0 Å². The van der Waals surface area contributed by atoms with Gasteiger partial charge in [-0.3, -0.25) is 9.52 Å². The summed E-state index contributed by atoms with van der Waals surface area (Å²) in [4.78, 5) is 11.4. The zero-order valence-electron chi connectivity index (χ0n) is 13.0. The minimum atomic E-state index is -3.64. The van der Waals surface area contributed by atoms with Gasteiger partial charge in [0.25, 0.3) is 0 Å². The first kappa shape index (κ1) is 17.7. The molecule has 1 aliphatic rings. The van der Waals surface area contributed by atoms with Crippen molar-refractivity contribution in [2.45, 2.75) is 37.0 Å². The number of sulfonamides is 1. The van der Waals surface area contributed by atoms with Crippen molar-refractivity contribution in [3.05, 3.63) is 24.3 Å². The SMILES string of the molecule is COCC(=O)Nc1ccc(NS(=O)(=O)[C@H]2CCCC[C@@H]2O)cc1. The largest absolute Gasteiger partial charge is 0.392 e. The fourth-order valence-corrected chi connectivity index (χ4v) is 4.27. The summed E-state index contributed by atoms with van der Waals surface area (Å²) in [6, 6.07) is 6.33. The third-order valence-corrected chi connectivity index (χ3v) is 5.64. The third kappa shape index (κ3) is 4.92. The van der Waals surface area contributed by atoms with E-state index in [4.69, 9.17) is 4.74 Å². The van der Waals surface area contributed by atoms with Crippen molar-refractivity contribution in [2.75, 3.05) is 23.8 Å². The molecule has 1 aromatic rings. The molecule has 0 aliphatic heterocycles. The van der Waals surface area contributed by atoms with Gasteiger partial charge in [-0.25, -0.2) is 8.42 Å². The van der Waals surface area contributed by atoms with Crippen LogP contribution in [0, 0.1) is 0 Å². The minimum absolute atomic E-state index is 0.0477. The highest BCUT2D eigenvalue weighted by atomic mass is 32.2. The van der Waals surface area contributed by atoms with E-state index in [9.17, 15) is 18.3 Å². The van der Waals surface area contributed by atoms with Gasteiger partial charge >= 0.3 is 0 Å². The Balaban J connectivity index is 2.01. The molecular weight excluding hydrogens is 320 g/mol. The van der Waals surface area contributed by atoms with Crippen LogP contribution in [0.2, 0.25) is 0 Å². The van der Waals surface area contributed by atoms with Gasteiger partial charge in [0.05, 0.1) is 6.10 Å². The maximum absolute atomic E-state index is 12.4. The highest BCUT2D eigenvalue weighted by Gasteiger charge is 2.34. The molecule has 1 amide bonds. The molecular formula is C15H22N2O5S. The lowest BCUT2D eigenvalue weighted by Gasteiger charge is -2.27. The Morgan fingerprint density at radius 1 is 1.22 bits per heavy atom. The Hall–Kier alpha value is -1.64. The van der Waals surface area contributed by atoms with Crippen molar-refractivity contribution >= 4 is 27.3 Å². The van der Waals surface area contributed by atoms with Crippen LogP contribution in [-0.4, -0.2) is 44.5 Å². The van der Waals surface area contributed by atoms with E-state index in [0.29, 0.717) is 24.2 Å². The number of amides is 1. The summed E-state index contributed by atoms with van der Waals surface area (Å²) in [6.45, 7) is -0.0477. The van der Waals surface area contributed by atoms with Crippen LogP contribution in [-0.2, 0) is 19.6 Å². The van der Waals surface area contributed by atoms with Crippen molar-refractivity contribution in [3.8, 4) is 0 Å². The van der Waals surface area contributed by atoms with E-state index < -0.39 is 21.4 Å². The van der Waals surface area contributed by atoms with Crippen molar-refractivity contribution in [3.63, 3.8) is 0 Å². The quantitative estimate of drug-likeness (QED) is 0.723. The minimum Gasteiger partial charge on any atom is -0.392 e. The van der Waals surface area contributed by atoms with Crippen molar-refractivity contribution < 1.29 is 23.1 Å². The van der Waals surface area contributed by atoms with Crippen molar-refractivity contribution in [1.29, 1.82) is 0 Å². The lowest BCUT2D eigenvalue weighted by molar-refractivity contribution is -0.119. The van der Waals surface area contributed by atoms with Crippen molar-refractivity contribution in [2.24, 2.45) is 0 Å². The number of carbonyl (C=O) groups excluding carboxylic acids is 1. The number of hydrogen-bond donors (Lipinski definition) is 3. The van der Waals surface area contributed by atoms with Crippen LogP contribution in [0.3, 0.4) is 0 Å². The molecule has 0 heterocycles. The van der Waals surface area contributed by atoms with E-state index in [2.05, 4.69) is 10.0 Å². The monoisotopic (exact) mass is 342 g/mol. The number of methoxy groups -OCH3 is 1. The summed E-state index contributed by atoms with van der Waals surface area (Å²) < 4.78 is 31.9. The molecule has 0 spiro atoms. The second-order valence-corrected chi connectivity index (χ2v) is 7.50. The Kier molecular flexibility index (Phi) is 5.97. The first-order chi connectivity index (χ1) is 10.9. The number of hydrogen-bond acceptors (Lipinski definition) is 5. The van der Waals surface area contributed by atoms with E-state index in [-0.39, 0.29) is 12.5 Å². The maximum Gasteiger partial charge on any atom is 0.250 e. The summed E-state index contributed by atoms with van der Waals surface area (Å²) in [6.07, 6.45) is 1.79. The molecule has 128 valence electrons. The Bertz CT molecular complexity index is 630. The Labute approximate surface area is 136 Å².